The fourth-order valence-electron chi connectivity index (χ4n) is 2.61. The molecule has 1 amide bonds. The molecule has 2 aromatic heterocycles. The highest BCUT2D eigenvalue weighted by molar-refractivity contribution is 7.89. The van der Waals surface area contributed by atoms with Gasteiger partial charge in [0.1, 0.15) is 5.82 Å². The molecular formula is C17H18N4O3S. The molecule has 0 bridgehead atoms. The molecule has 25 heavy (non-hydrogen) atoms. The van der Waals surface area contributed by atoms with Gasteiger partial charge < -0.3 is 9.72 Å². The molecule has 0 aliphatic heterocycles. The molecule has 0 saturated heterocycles. The minimum atomic E-state index is -3.69. The number of rotatable bonds is 5. The number of fused-ring (bicyclic) bond motifs is 1. The Balaban J connectivity index is 1.64. The smallest absolute Gasteiger partial charge is 0.272 e. The van der Waals surface area contributed by atoms with E-state index < -0.39 is 10.0 Å². The average Bonchev–Trinajstić information content (AvgIpc) is 2.92. The van der Waals surface area contributed by atoms with E-state index in [0.29, 0.717) is 18.7 Å². The number of imidazole rings is 1. The summed E-state index contributed by atoms with van der Waals surface area (Å²) in [6, 6.07) is 11.9. The van der Waals surface area contributed by atoms with Gasteiger partial charge in [0.15, 0.2) is 5.69 Å². The molecule has 0 spiro atoms. The van der Waals surface area contributed by atoms with Gasteiger partial charge in [-0.25, -0.2) is 18.5 Å². The van der Waals surface area contributed by atoms with Crippen molar-refractivity contribution in [2.75, 3.05) is 6.54 Å². The average molecular weight is 358 g/mol. The molecule has 3 aromatic rings. The lowest BCUT2D eigenvalue weighted by atomic mass is 10.1. The normalized spacial score (nSPS) is 11.6. The highest BCUT2D eigenvalue weighted by Crippen LogP contribution is 2.13. The van der Waals surface area contributed by atoms with Crippen molar-refractivity contribution in [1.29, 1.82) is 0 Å². The van der Waals surface area contributed by atoms with Gasteiger partial charge in [0.05, 0.1) is 10.4 Å². The van der Waals surface area contributed by atoms with Crippen LogP contribution in [0.1, 0.15) is 21.9 Å². The minimum Gasteiger partial charge on any atom is -0.350 e. The first-order valence-corrected chi connectivity index (χ1v) is 9.24. The summed E-state index contributed by atoms with van der Waals surface area (Å²) in [4.78, 5) is 16.8. The fraction of sp³-hybridized carbons (Fsp3) is 0.176. The summed E-state index contributed by atoms with van der Waals surface area (Å²) in [6.07, 6.45) is 2.43. The minimum absolute atomic E-state index is 0.0697. The zero-order chi connectivity index (χ0) is 18.0. The van der Waals surface area contributed by atoms with Crippen molar-refractivity contribution >= 4 is 21.4 Å². The van der Waals surface area contributed by atoms with Crippen LogP contribution in [0.2, 0.25) is 0 Å². The van der Waals surface area contributed by atoms with Gasteiger partial charge in [-0.2, -0.15) is 0 Å². The molecule has 0 radical (unpaired) electrons. The van der Waals surface area contributed by atoms with Crippen molar-refractivity contribution in [3.63, 3.8) is 0 Å². The summed E-state index contributed by atoms with van der Waals surface area (Å²) in [6.45, 7) is 2.26. The number of hydrogen-bond donors (Lipinski definition) is 2. The molecule has 0 saturated carbocycles. The van der Waals surface area contributed by atoms with Crippen LogP contribution in [0, 0.1) is 6.92 Å². The Morgan fingerprint density at radius 1 is 1.20 bits per heavy atom. The Hall–Kier alpha value is -2.71. The molecule has 0 aliphatic rings. The van der Waals surface area contributed by atoms with Crippen LogP contribution in [-0.4, -0.2) is 30.3 Å². The molecule has 1 aromatic carbocycles. The Kier molecular flexibility index (Phi) is 4.56. The van der Waals surface area contributed by atoms with Crippen LogP contribution in [-0.2, 0) is 16.4 Å². The standard InChI is InChI=1S/C17H18N4O3S/c1-12-20-16(15-4-2-3-11-21(12)15)17(22)19-10-9-13-5-7-14(8-6-13)25(18,23)24/h2-8,11H,9-10H2,1H3,(H,19,22)(H2,18,23,24). The van der Waals surface area contributed by atoms with Crippen LogP contribution in [0.25, 0.3) is 5.52 Å². The molecule has 0 fully saturated rings. The number of carbonyl (C=O) groups excluding carboxylic acids is 1. The van der Waals surface area contributed by atoms with Crippen LogP contribution < -0.4 is 10.5 Å². The predicted octanol–water partition coefficient (Wildman–Crippen LogP) is 1.26. The zero-order valence-corrected chi connectivity index (χ0v) is 14.5. The van der Waals surface area contributed by atoms with E-state index in [2.05, 4.69) is 10.3 Å². The number of sulfonamides is 1. The van der Waals surface area contributed by atoms with Gasteiger partial charge in [-0.3, -0.25) is 4.79 Å². The summed E-state index contributed by atoms with van der Waals surface area (Å²) >= 11 is 0. The van der Waals surface area contributed by atoms with E-state index in [1.165, 1.54) is 12.1 Å². The van der Waals surface area contributed by atoms with Gasteiger partial charge in [0.2, 0.25) is 10.0 Å². The molecule has 0 atom stereocenters. The molecule has 8 heteroatoms. The van der Waals surface area contributed by atoms with Gasteiger partial charge in [-0.15, -0.1) is 0 Å². The van der Waals surface area contributed by atoms with Gasteiger partial charge >= 0.3 is 0 Å². The van der Waals surface area contributed by atoms with Crippen molar-refractivity contribution < 1.29 is 13.2 Å². The maximum Gasteiger partial charge on any atom is 0.272 e. The van der Waals surface area contributed by atoms with Crippen molar-refractivity contribution in [1.82, 2.24) is 14.7 Å². The van der Waals surface area contributed by atoms with Gasteiger partial charge in [0.25, 0.3) is 5.91 Å². The monoisotopic (exact) mass is 358 g/mol. The number of nitrogens with two attached hydrogens (primary N) is 1. The topological polar surface area (TPSA) is 107 Å². The molecule has 130 valence electrons. The first-order valence-electron chi connectivity index (χ1n) is 7.70. The number of carbonyl (C=O) groups is 1. The number of benzene rings is 1. The number of pyridine rings is 1. The second-order valence-electron chi connectivity index (χ2n) is 5.66. The fourth-order valence-corrected chi connectivity index (χ4v) is 3.12. The highest BCUT2D eigenvalue weighted by Gasteiger charge is 2.15. The first kappa shape index (κ1) is 17.1. The SMILES string of the molecule is Cc1nc(C(=O)NCCc2ccc(S(N)(=O)=O)cc2)c2ccccn12. The maximum absolute atomic E-state index is 12.4. The van der Waals surface area contributed by atoms with Gasteiger partial charge in [-0.05, 0) is 43.2 Å². The van der Waals surface area contributed by atoms with Crippen molar-refractivity contribution in [2.45, 2.75) is 18.2 Å². The van der Waals surface area contributed by atoms with Gasteiger partial charge in [-0.1, -0.05) is 18.2 Å². The molecule has 2 heterocycles. The number of primary sulfonamides is 1. The third-order valence-electron chi connectivity index (χ3n) is 3.89. The van der Waals surface area contributed by atoms with Crippen molar-refractivity contribution in [3.8, 4) is 0 Å². The Labute approximate surface area is 145 Å². The predicted molar refractivity (Wildman–Crippen MR) is 93.8 cm³/mol. The van der Waals surface area contributed by atoms with Crippen LogP contribution >= 0.6 is 0 Å². The Morgan fingerprint density at radius 3 is 2.60 bits per heavy atom. The largest absolute Gasteiger partial charge is 0.350 e. The summed E-state index contributed by atoms with van der Waals surface area (Å²) in [7, 11) is -3.69. The van der Waals surface area contributed by atoms with Crippen molar-refractivity contribution in [3.05, 3.63) is 65.7 Å². The second kappa shape index (κ2) is 6.66. The molecule has 3 rings (SSSR count). The van der Waals surface area contributed by atoms with Crippen LogP contribution in [0.4, 0.5) is 0 Å². The lowest BCUT2D eigenvalue weighted by Crippen LogP contribution is -2.26. The first-order chi connectivity index (χ1) is 11.9. The second-order valence-corrected chi connectivity index (χ2v) is 7.22. The van der Waals surface area contributed by atoms with Gasteiger partial charge in [0, 0.05) is 12.7 Å². The van der Waals surface area contributed by atoms with E-state index in [-0.39, 0.29) is 10.8 Å². The van der Waals surface area contributed by atoms with E-state index in [4.69, 9.17) is 5.14 Å². The summed E-state index contributed by atoms with van der Waals surface area (Å²) in [5.41, 5.74) is 2.05. The molecular weight excluding hydrogens is 340 g/mol. The van der Waals surface area contributed by atoms with E-state index in [0.717, 1.165) is 16.9 Å². The highest BCUT2D eigenvalue weighted by atomic mass is 32.2. The molecule has 7 nitrogen and oxygen atoms in total. The van der Waals surface area contributed by atoms with E-state index in [1.54, 1.807) is 12.1 Å². The number of nitrogens with one attached hydrogen (secondary N) is 1. The van der Waals surface area contributed by atoms with Crippen molar-refractivity contribution in [2.24, 2.45) is 5.14 Å². The Morgan fingerprint density at radius 2 is 1.92 bits per heavy atom. The lowest BCUT2D eigenvalue weighted by Gasteiger charge is -2.05. The van der Waals surface area contributed by atoms with E-state index in [1.807, 2.05) is 35.7 Å². The van der Waals surface area contributed by atoms with E-state index >= 15 is 0 Å². The van der Waals surface area contributed by atoms with Crippen LogP contribution in [0.15, 0.2) is 53.6 Å². The summed E-state index contributed by atoms with van der Waals surface area (Å²) in [5, 5.41) is 7.90. The molecule has 0 unspecified atom stereocenters. The number of hydrogen-bond acceptors (Lipinski definition) is 4. The summed E-state index contributed by atoms with van der Waals surface area (Å²) in [5.74, 6) is 0.511. The molecule has 3 N–H and O–H groups in total. The Bertz CT molecular complexity index is 1020. The third kappa shape index (κ3) is 3.70. The number of nitrogens with zero attached hydrogens (tertiary/aromatic N) is 2. The molecule has 0 aliphatic carbocycles. The quantitative estimate of drug-likeness (QED) is 0.716. The van der Waals surface area contributed by atoms with Crippen LogP contribution in [0.3, 0.4) is 0 Å². The third-order valence-corrected chi connectivity index (χ3v) is 4.82. The summed E-state index contributed by atoms with van der Waals surface area (Å²) < 4.78 is 24.3. The maximum atomic E-state index is 12.4. The van der Waals surface area contributed by atoms with E-state index in [9.17, 15) is 13.2 Å². The van der Waals surface area contributed by atoms with Crippen LogP contribution in [0.5, 0.6) is 0 Å². The number of aromatic nitrogens is 2. The number of aryl methyl sites for hydroxylation is 1. The lowest BCUT2D eigenvalue weighted by molar-refractivity contribution is 0.0951. The number of amides is 1. The zero-order valence-electron chi connectivity index (χ0n) is 13.6.